The van der Waals surface area contributed by atoms with Gasteiger partial charge in [0.2, 0.25) is 6.73 Å². The van der Waals surface area contributed by atoms with Gasteiger partial charge in [0.15, 0.2) is 0 Å². The summed E-state index contributed by atoms with van der Waals surface area (Å²) in [5, 5.41) is 8.06. The molecule has 11 heavy (non-hydrogen) atoms. The van der Waals surface area contributed by atoms with E-state index in [1.54, 1.807) is 0 Å². The Bertz CT molecular complexity index is 199. The van der Waals surface area contributed by atoms with Crippen molar-refractivity contribution in [3.63, 3.8) is 0 Å². The number of hydrogen-bond donors (Lipinski definition) is 2. The van der Waals surface area contributed by atoms with Crippen LogP contribution in [0.2, 0.25) is 0 Å². The number of amides is 3. The van der Waals surface area contributed by atoms with E-state index >= 15 is 0 Å². The number of carbonyl (C=O) groups excluding carboxylic acids is 2. The number of ether oxygens (including phenoxy) is 1. The first kappa shape index (κ1) is 9.14. The quantitative estimate of drug-likeness (QED) is 0.573. The molecule has 0 fully saturated rings. The average Bonchev–Trinajstić information content (AvgIpc) is 1.97. The van der Waals surface area contributed by atoms with Crippen molar-refractivity contribution in [2.45, 2.75) is 0 Å². The van der Waals surface area contributed by atoms with Crippen LogP contribution in [0.25, 0.3) is 0 Å². The molecule has 0 aliphatic heterocycles. The van der Waals surface area contributed by atoms with Gasteiger partial charge in [0.05, 0.1) is 0 Å². The Labute approximate surface area is 60.9 Å². The lowest BCUT2D eigenvalue weighted by Crippen LogP contribution is -2.04. The number of azo groups is 1. The molecular weight excluding hydrogens is 154 g/mol. The maximum atomic E-state index is 10.3. The number of nitrogens with one attached hydrogen (secondary N) is 1. The molecule has 3 N–H and O–H groups in total. The zero-order valence-electron chi connectivity index (χ0n) is 5.35. The van der Waals surface area contributed by atoms with E-state index in [-0.39, 0.29) is 0 Å². The second-order valence-corrected chi connectivity index (χ2v) is 1.24. The van der Waals surface area contributed by atoms with Crippen LogP contribution in [-0.2, 0) is 4.74 Å². The average molecular weight is 159 g/mol. The van der Waals surface area contributed by atoms with E-state index in [1.165, 1.54) is 0 Å². The topological polar surface area (TPSA) is 130 Å². The SMILES string of the molecule is N=NCOC(=O)/N=N/C(N)=O. The Balaban J connectivity index is 3.68. The minimum absolute atomic E-state index is 0.448. The predicted molar refractivity (Wildman–Crippen MR) is 30.9 cm³/mol. The molecule has 0 saturated heterocycles. The molecule has 8 heteroatoms. The predicted octanol–water partition coefficient (Wildman–Crippen LogP) is 0.642. The van der Waals surface area contributed by atoms with E-state index in [2.05, 4.69) is 25.8 Å². The molecule has 0 unspecified atom stereocenters. The lowest BCUT2D eigenvalue weighted by Gasteiger charge is -1.89. The first-order chi connectivity index (χ1) is 5.16. The minimum Gasteiger partial charge on any atom is -0.422 e. The number of rotatable bonds is 2. The second kappa shape index (κ2) is 4.97. The Hall–Kier alpha value is -1.86. The van der Waals surface area contributed by atoms with Crippen molar-refractivity contribution >= 4 is 12.1 Å². The van der Waals surface area contributed by atoms with Crippen molar-refractivity contribution in [3.8, 4) is 0 Å². The highest BCUT2D eigenvalue weighted by atomic mass is 16.6. The summed E-state index contributed by atoms with van der Waals surface area (Å²) in [6.45, 7) is -0.448. The summed E-state index contributed by atoms with van der Waals surface area (Å²) < 4.78 is 4.08. The van der Waals surface area contributed by atoms with Crippen LogP contribution in [0.3, 0.4) is 0 Å². The van der Waals surface area contributed by atoms with Crippen LogP contribution in [0.5, 0.6) is 0 Å². The zero-order chi connectivity index (χ0) is 8.69. The van der Waals surface area contributed by atoms with Gasteiger partial charge in [-0.15, -0.1) is 0 Å². The molecule has 0 spiro atoms. The molecule has 0 aliphatic carbocycles. The molecule has 60 valence electrons. The van der Waals surface area contributed by atoms with Crippen molar-refractivity contribution < 1.29 is 14.3 Å². The molecule has 0 aromatic carbocycles. The van der Waals surface area contributed by atoms with Crippen molar-refractivity contribution in [1.82, 2.24) is 0 Å². The highest BCUT2D eigenvalue weighted by molar-refractivity contribution is 5.75. The molecule has 0 radical (unpaired) electrons. The Morgan fingerprint density at radius 2 is 2.09 bits per heavy atom. The van der Waals surface area contributed by atoms with Crippen LogP contribution in [-0.4, -0.2) is 18.9 Å². The van der Waals surface area contributed by atoms with Crippen molar-refractivity contribution in [2.75, 3.05) is 6.73 Å². The number of primary amides is 1. The lowest BCUT2D eigenvalue weighted by atomic mass is 11.1. The zero-order valence-corrected chi connectivity index (χ0v) is 5.35. The highest BCUT2D eigenvalue weighted by Crippen LogP contribution is 1.85. The first-order valence-electron chi connectivity index (χ1n) is 2.38. The summed E-state index contributed by atoms with van der Waals surface area (Å²) in [6, 6.07) is -1.09. The Morgan fingerprint density at radius 1 is 1.45 bits per heavy atom. The number of nitrogens with zero attached hydrogens (tertiary/aromatic N) is 3. The van der Waals surface area contributed by atoms with Crippen molar-refractivity contribution in [3.05, 3.63) is 0 Å². The van der Waals surface area contributed by atoms with E-state index < -0.39 is 18.9 Å². The smallest absolute Gasteiger partial charge is 0.422 e. The molecule has 0 bridgehead atoms. The van der Waals surface area contributed by atoms with Crippen molar-refractivity contribution in [1.29, 1.82) is 5.53 Å². The van der Waals surface area contributed by atoms with Gasteiger partial charge in [0.1, 0.15) is 0 Å². The second-order valence-electron chi connectivity index (χ2n) is 1.24. The van der Waals surface area contributed by atoms with Crippen LogP contribution < -0.4 is 5.73 Å². The van der Waals surface area contributed by atoms with E-state index in [9.17, 15) is 9.59 Å². The highest BCUT2D eigenvalue weighted by Gasteiger charge is 1.97. The summed E-state index contributed by atoms with van der Waals surface area (Å²) in [5.41, 5.74) is 10.7. The Kier molecular flexibility index (Phi) is 4.13. The molecule has 0 saturated carbocycles. The largest absolute Gasteiger partial charge is 0.454 e. The van der Waals surface area contributed by atoms with Crippen LogP contribution in [0.1, 0.15) is 0 Å². The molecule has 0 aromatic rings. The summed E-state index contributed by atoms with van der Waals surface area (Å²) in [4.78, 5) is 20.1. The van der Waals surface area contributed by atoms with Gasteiger partial charge in [0.25, 0.3) is 0 Å². The molecule has 0 rings (SSSR count). The standard InChI is InChI=1S/C3H5N5O3/c4-2(9)7-8-3(10)11-1-6-5/h5H,1H2,(H2,4,9)/b6-5?,8-7+. The monoisotopic (exact) mass is 159 g/mol. The van der Waals surface area contributed by atoms with E-state index in [0.29, 0.717) is 0 Å². The Morgan fingerprint density at radius 3 is 2.55 bits per heavy atom. The summed E-state index contributed by atoms with van der Waals surface area (Å²) in [6.07, 6.45) is -1.11. The summed E-state index contributed by atoms with van der Waals surface area (Å²) in [7, 11) is 0. The maximum Gasteiger partial charge on any atom is 0.454 e. The third-order valence-electron chi connectivity index (χ3n) is 0.483. The van der Waals surface area contributed by atoms with E-state index in [0.717, 1.165) is 0 Å². The first-order valence-corrected chi connectivity index (χ1v) is 2.38. The number of urea groups is 1. The third kappa shape index (κ3) is 6.02. The fourth-order valence-corrected chi connectivity index (χ4v) is 0.206. The van der Waals surface area contributed by atoms with Gasteiger partial charge in [-0.05, 0) is 0 Å². The molecular formula is C3H5N5O3. The fraction of sp³-hybridized carbons (Fsp3) is 0.333. The van der Waals surface area contributed by atoms with Gasteiger partial charge in [-0.3, -0.25) is 0 Å². The number of hydrogen-bond acceptors (Lipinski definition) is 5. The summed E-state index contributed by atoms with van der Waals surface area (Å²) >= 11 is 0. The molecule has 0 atom stereocenters. The summed E-state index contributed by atoms with van der Waals surface area (Å²) in [5.74, 6) is 0. The van der Waals surface area contributed by atoms with Gasteiger partial charge in [-0.1, -0.05) is 10.2 Å². The molecule has 0 aromatic heterocycles. The van der Waals surface area contributed by atoms with Crippen LogP contribution >= 0.6 is 0 Å². The molecule has 8 nitrogen and oxygen atoms in total. The maximum absolute atomic E-state index is 10.3. The fourth-order valence-electron chi connectivity index (χ4n) is 0.206. The van der Waals surface area contributed by atoms with Crippen LogP contribution in [0.15, 0.2) is 15.3 Å². The number of nitrogens with two attached hydrogens (primary N) is 1. The van der Waals surface area contributed by atoms with Gasteiger partial charge >= 0.3 is 12.1 Å². The minimum atomic E-state index is -1.11. The van der Waals surface area contributed by atoms with Crippen LogP contribution in [0, 0.1) is 5.53 Å². The number of carbonyl (C=O) groups is 2. The van der Waals surface area contributed by atoms with Gasteiger partial charge in [-0.2, -0.15) is 5.11 Å². The van der Waals surface area contributed by atoms with E-state index in [1.807, 2.05) is 0 Å². The third-order valence-corrected chi connectivity index (χ3v) is 0.483. The van der Waals surface area contributed by atoms with Gasteiger partial charge in [-0.25, -0.2) is 15.1 Å². The van der Waals surface area contributed by atoms with Crippen LogP contribution in [0.4, 0.5) is 9.59 Å². The van der Waals surface area contributed by atoms with Gasteiger partial charge < -0.3 is 10.5 Å². The normalized spacial score (nSPS) is 9.45. The molecule has 0 heterocycles. The van der Waals surface area contributed by atoms with Crippen molar-refractivity contribution in [2.24, 2.45) is 21.1 Å². The lowest BCUT2D eigenvalue weighted by molar-refractivity contribution is 0.156. The van der Waals surface area contributed by atoms with E-state index in [4.69, 9.17) is 5.53 Å². The van der Waals surface area contributed by atoms with Gasteiger partial charge in [0, 0.05) is 0 Å². The molecule has 0 aliphatic rings. The molecule has 3 amide bonds.